The fourth-order valence-corrected chi connectivity index (χ4v) is 7.30. The van der Waals surface area contributed by atoms with Gasteiger partial charge in [0.15, 0.2) is 0 Å². The van der Waals surface area contributed by atoms with Gasteiger partial charge in [-0.15, -0.1) is 13.2 Å². The first-order valence-corrected chi connectivity index (χ1v) is 11.9. The third kappa shape index (κ3) is 6.63. The molecule has 0 aliphatic heterocycles. The Balaban J connectivity index is 6.31. The summed E-state index contributed by atoms with van der Waals surface area (Å²) in [5.41, 5.74) is 0. The van der Waals surface area contributed by atoms with Gasteiger partial charge in [0, 0.05) is 24.7 Å². The van der Waals surface area contributed by atoms with Gasteiger partial charge in [-0.25, -0.2) is 13.7 Å². The molecule has 0 saturated heterocycles. The fourth-order valence-electron chi connectivity index (χ4n) is 2.41. The second-order valence-electron chi connectivity index (χ2n) is 5.79. The summed E-state index contributed by atoms with van der Waals surface area (Å²) >= 11 is 0. The van der Waals surface area contributed by atoms with E-state index in [9.17, 15) is 18.7 Å². The minimum absolute atomic E-state index is 0.0509. The van der Waals surface area contributed by atoms with Crippen LogP contribution in [0, 0.1) is 0 Å². The number of hydrogen-bond acceptors (Lipinski definition) is 7. The van der Waals surface area contributed by atoms with E-state index < -0.39 is 39.1 Å². The van der Waals surface area contributed by atoms with Gasteiger partial charge in [-0.3, -0.25) is 18.7 Å². The number of methoxy groups -OCH3 is 2. The predicted molar refractivity (Wildman–Crippen MR) is 113 cm³/mol. The van der Waals surface area contributed by atoms with E-state index in [4.69, 9.17) is 13.8 Å². The van der Waals surface area contributed by atoms with Crippen molar-refractivity contribution in [3.05, 3.63) is 50.1 Å². The molecule has 0 unspecified atom stereocenters. The summed E-state index contributed by atoms with van der Waals surface area (Å²) < 4.78 is 44.5. The zero-order chi connectivity index (χ0) is 22.8. The molecule has 0 aromatic carbocycles. The van der Waals surface area contributed by atoms with Crippen LogP contribution in [0.4, 0.5) is 0 Å². The molecule has 0 radical (unpaired) electrons. The molecule has 0 saturated carbocycles. The Hall–Kier alpha value is -1.76. The van der Waals surface area contributed by atoms with E-state index in [1.54, 1.807) is 0 Å². The maximum Gasteiger partial charge on any atom is 0.323 e. The summed E-state index contributed by atoms with van der Waals surface area (Å²) in [5, 5.41) is 0. The van der Waals surface area contributed by atoms with Crippen LogP contribution in [0.3, 0.4) is 0 Å². The number of carbonyl (C=O) groups excluding carboxylic acids is 2. The highest BCUT2D eigenvalue weighted by Crippen LogP contribution is 2.69. The zero-order valence-corrected chi connectivity index (χ0v) is 19.1. The van der Waals surface area contributed by atoms with Crippen LogP contribution in [0.1, 0.15) is 13.8 Å². The molecule has 0 aliphatic rings. The molecule has 0 heterocycles. The third-order valence-corrected chi connectivity index (χ3v) is 9.27. The van der Waals surface area contributed by atoms with Crippen LogP contribution < -0.4 is 0 Å². The molecule has 4 atom stereocenters. The summed E-state index contributed by atoms with van der Waals surface area (Å²) in [7, 11) is -5.80. The first-order chi connectivity index (χ1) is 13.5. The van der Waals surface area contributed by atoms with Gasteiger partial charge in [0.2, 0.25) is 0 Å². The number of esters is 2. The van der Waals surface area contributed by atoms with Gasteiger partial charge >= 0.3 is 27.0 Å². The maximum atomic E-state index is 13.6. The number of carbonyl (C=O) groups is 2. The minimum atomic E-state index is -4.08. The topological polar surface area (TPSA) is 102 Å². The SMILES string of the molecule is C=CCN([C@@H](C)C(=O)OC)[P@@](=O)(C=C)O[P@@](=O)(C=C)N(CC=C)[C@@H](C)C(=O)OC. The van der Waals surface area contributed by atoms with Gasteiger partial charge in [-0.05, 0) is 13.8 Å². The van der Waals surface area contributed by atoms with Gasteiger partial charge < -0.3 is 9.47 Å². The lowest BCUT2D eigenvalue weighted by atomic mass is 10.3. The highest BCUT2D eigenvalue weighted by molar-refractivity contribution is 7.72. The van der Waals surface area contributed by atoms with Crippen LogP contribution in [0.5, 0.6) is 0 Å². The van der Waals surface area contributed by atoms with Crippen molar-refractivity contribution in [3.8, 4) is 0 Å². The zero-order valence-electron chi connectivity index (χ0n) is 17.4. The Morgan fingerprint density at radius 1 is 0.828 bits per heavy atom. The molecule has 0 aromatic heterocycles. The van der Waals surface area contributed by atoms with Crippen LogP contribution in [0.25, 0.3) is 0 Å². The van der Waals surface area contributed by atoms with Crippen LogP contribution in [0.2, 0.25) is 0 Å². The second-order valence-corrected chi connectivity index (χ2v) is 10.5. The van der Waals surface area contributed by atoms with Crippen LogP contribution in [-0.2, 0) is 32.5 Å². The summed E-state index contributed by atoms with van der Waals surface area (Å²) in [6, 6.07) is -2.04. The molecule has 0 bridgehead atoms. The van der Waals surface area contributed by atoms with E-state index in [-0.39, 0.29) is 13.1 Å². The summed E-state index contributed by atoms with van der Waals surface area (Å²) in [5.74, 6) is 0.579. The van der Waals surface area contributed by atoms with Crippen molar-refractivity contribution in [1.82, 2.24) is 9.34 Å². The molecule has 0 spiro atoms. The second kappa shape index (κ2) is 12.1. The normalized spacial score (nSPS) is 17.3. The van der Waals surface area contributed by atoms with Gasteiger partial charge in [0.25, 0.3) is 0 Å². The highest BCUT2D eigenvalue weighted by atomic mass is 31.2. The lowest BCUT2D eigenvalue weighted by molar-refractivity contribution is -0.145. The Morgan fingerprint density at radius 2 is 1.14 bits per heavy atom. The largest absolute Gasteiger partial charge is 0.468 e. The molecular formula is C18H30N2O7P2. The molecular weight excluding hydrogens is 418 g/mol. The van der Waals surface area contributed by atoms with Crippen molar-refractivity contribution >= 4 is 27.0 Å². The molecule has 29 heavy (non-hydrogen) atoms. The monoisotopic (exact) mass is 448 g/mol. The van der Waals surface area contributed by atoms with Crippen LogP contribution in [0.15, 0.2) is 50.1 Å². The highest BCUT2D eigenvalue weighted by Gasteiger charge is 2.45. The lowest BCUT2D eigenvalue weighted by Gasteiger charge is -2.37. The molecule has 0 fully saturated rings. The van der Waals surface area contributed by atoms with Crippen molar-refractivity contribution < 1.29 is 32.5 Å². The molecule has 0 rings (SSSR count). The van der Waals surface area contributed by atoms with Crippen LogP contribution >= 0.6 is 15.0 Å². The van der Waals surface area contributed by atoms with E-state index in [2.05, 4.69) is 26.3 Å². The number of nitrogens with zero attached hydrogens (tertiary/aromatic N) is 2. The molecule has 11 heteroatoms. The van der Waals surface area contributed by atoms with Gasteiger partial charge in [0.1, 0.15) is 12.1 Å². The quantitative estimate of drug-likeness (QED) is 0.223. The maximum absolute atomic E-state index is 13.6. The standard InChI is InChI=1S/C18H30N2O7P2/c1-9-13-19(15(5)17(21)25-7)28(23,11-3)27-29(24,12-4)20(14-10-2)16(6)18(22)26-8/h9-12,15-16H,1-4,13-14H2,5-8H3/t15-,16-,28-,29+/m0/s1. The van der Waals surface area contributed by atoms with E-state index in [0.29, 0.717) is 0 Å². The molecule has 9 nitrogen and oxygen atoms in total. The summed E-state index contributed by atoms with van der Waals surface area (Å²) in [6.45, 7) is 17.0. The lowest BCUT2D eigenvalue weighted by Crippen LogP contribution is -2.39. The van der Waals surface area contributed by atoms with Crippen molar-refractivity contribution in [1.29, 1.82) is 0 Å². The van der Waals surface area contributed by atoms with Crippen molar-refractivity contribution in [2.24, 2.45) is 0 Å². The Kier molecular flexibility index (Phi) is 11.3. The van der Waals surface area contributed by atoms with Gasteiger partial charge in [-0.2, -0.15) is 0 Å². The summed E-state index contributed by atoms with van der Waals surface area (Å²) in [4.78, 5) is 24.0. The van der Waals surface area contributed by atoms with E-state index >= 15 is 0 Å². The Morgan fingerprint density at radius 3 is 1.34 bits per heavy atom. The fraction of sp³-hybridized carbons (Fsp3) is 0.444. The first kappa shape index (κ1) is 27.2. The van der Waals surface area contributed by atoms with Gasteiger partial charge in [-0.1, -0.05) is 25.3 Å². The van der Waals surface area contributed by atoms with Crippen molar-refractivity contribution in [2.75, 3.05) is 27.3 Å². The smallest absolute Gasteiger partial charge is 0.323 e. The average molecular weight is 448 g/mol. The number of rotatable bonds is 14. The first-order valence-electron chi connectivity index (χ1n) is 8.61. The van der Waals surface area contributed by atoms with E-state index in [0.717, 1.165) is 21.0 Å². The Bertz CT molecular complexity index is 678. The minimum Gasteiger partial charge on any atom is -0.468 e. The molecule has 0 aromatic rings. The Labute approximate surface area is 172 Å². The van der Waals surface area contributed by atoms with Crippen molar-refractivity contribution in [3.63, 3.8) is 0 Å². The molecule has 0 amide bonds. The molecule has 0 N–H and O–H groups in total. The predicted octanol–water partition coefficient (Wildman–Crippen LogP) is 3.78. The number of ether oxygens (including phenoxy) is 2. The molecule has 164 valence electrons. The van der Waals surface area contributed by atoms with Crippen molar-refractivity contribution in [2.45, 2.75) is 25.9 Å². The number of hydrogen-bond donors (Lipinski definition) is 0. The van der Waals surface area contributed by atoms with Gasteiger partial charge in [0.05, 0.1) is 14.2 Å². The van der Waals surface area contributed by atoms with Crippen LogP contribution in [-0.4, -0.2) is 60.7 Å². The average Bonchev–Trinajstić information content (AvgIpc) is 2.73. The third-order valence-electron chi connectivity index (χ3n) is 4.02. The molecule has 0 aliphatic carbocycles. The summed E-state index contributed by atoms with van der Waals surface area (Å²) in [6.07, 6.45) is 2.80. The van der Waals surface area contributed by atoms with E-state index in [1.807, 2.05) is 0 Å². The van der Waals surface area contributed by atoms with E-state index in [1.165, 1.54) is 40.2 Å².